The lowest BCUT2D eigenvalue weighted by Gasteiger charge is -2.18. The molecule has 1 aromatic carbocycles. The van der Waals surface area contributed by atoms with Crippen LogP contribution >= 0.6 is 0 Å². The third-order valence-electron chi connectivity index (χ3n) is 2.99. The molecule has 0 fully saturated rings. The molecule has 5 heteroatoms. The molecular weight excluding hydrogens is 235 g/mol. The number of hydrogen-bond donors (Lipinski definition) is 2. The van der Waals surface area contributed by atoms with Crippen molar-refractivity contribution >= 4 is 11.6 Å². The molecule has 1 amide bonds. The van der Waals surface area contributed by atoms with Crippen molar-refractivity contribution < 1.29 is 13.9 Å². The molecule has 0 aliphatic carbocycles. The van der Waals surface area contributed by atoms with E-state index in [0.717, 1.165) is 6.42 Å². The van der Waals surface area contributed by atoms with Crippen LogP contribution in [0.15, 0.2) is 18.2 Å². The molecule has 18 heavy (non-hydrogen) atoms. The van der Waals surface area contributed by atoms with Crippen molar-refractivity contribution in [2.45, 2.75) is 26.3 Å². The van der Waals surface area contributed by atoms with Crippen molar-refractivity contribution in [3.8, 4) is 5.75 Å². The van der Waals surface area contributed by atoms with Crippen molar-refractivity contribution in [3.63, 3.8) is 0 Å². The van der Waals surface area contributed by atoms with Crippen molar-refractivity contribution in [2.24, 2.45) is 11.7 Å². The zero-order chi connectivity index (χ0) is 13.7. The number of ether oxygens (including phenoxy) is 1. The topological polar surface area (TPSA) is 64.4 Å². The Morgan fingerprint density at radius 3 is 2.78 bits per heavy atom. The van der Waals surface area contributed by atoms with E-state index in [1.807, 2.05) is 13.8 Å². The molecule has 0 aromatic heterocycles. The maximum atomic E-state index is 13.5. The van der Waals surface area contributed by atoms with Gasteiger partial charge in [-0.15, -0.1) is 0 Å². The van der Waals surface area contributed by atoms with Gasteiger partial charge in [0.25, 0.3) is 0 Å². The first-order valence-corrected chi connectivity index (χ1v) is 5.89. The minimum absolute atomic E-state index is 0.0404. The van der Waals surface area contributed by atoms with Gasteiger partial charge in [0.2, 0.25) is 5.91 Å². The zero-order valence-electron chi connectivity index (χ0n) is 10.9. The standard InChI is InChI=1S/C13H19FN2O2/c1-4-8(2)12(15)13(17)16-11-7-9(18-3)5-6-10(11)14/h5-8,12H,4,15H2,1-3H3,(H,16,17)/t8?,12-/m0/s1. The Labute approximate surface area is 106 Å². The first-order chi connectivity index (χ1) is 8.49. The fraction of sp³-hybridized carbons (Fsp3) is 0.462. The van der Waals surface area contributed by atoms with Crippen LogP contribution < -0.4 is 15.8 Å². The van der Waals surface area contributed by atoms with Gasteiger partial charge in [-0.25, -0.2) is 4.39 Å². The van der Waals surface area contributed by atoms with Crippen LogP contribution in [0.1, 0.15) is 20.3 Å². The molecule has 0 heterocycles. The third kappa shape index (κ3) is 3.43. The van der Waals surface area contributed by atoms with E-state index in [2.05, 4.69) is 5.32 Å². The van der Waals surface area contributed by atoms with E-state index in [0.29, 0.717) is 5.75 Å². The quantitative estimate of drug-likeness (QED) is 0.846. The Morgan fingerprint density at radius 2 is 2.22 bits per heavy atom. The van der Waals surface area contributed by atoms with Gasteiger partial charge in [0.05, 0.1) is 18.8 Å². The molecule has 0 saturated heterocycles. The van der Waals surface area contributed by atoms with Gasteiger partial charge in [0, 0.05) is 6.07 Å². The molecule has 1 unspecified atom stereocenters. The summed E-state index contributed by atoms with van der Waals surface area (Å²) in [7, 11) is 1.48. The van der Waals surface area contributed by atoms with Gasteiger partial charge in [-0.05, 0) is 18.1 Å². The molecule has 0 aliphatic rings. The number of halogens is 1. The molecule has 0 radical (unpaired) electrons. The van der Waals surface area contributed by atoms with E-state index < -0.39 is 17.8 Å². The normalized spacial score (nSPS) is 13.8. The number of anilines is 1. The number of nitrogens with one attached hydrogen (secondary N) is 1. The minimum Gasteiger partial charge on any atom is -0.497 e. The average Bonchev–Trinajstić information content (AvgIpc) is 2.39. The molecule has 0 spiro atoms. The monoisotopic (exact) mass is 254 g/mol. The highest BCUT2D eigenvalue weighted by Gasteiger charge is 2.20. The van der Waals surface area contributed by atoms with E-state index in [-0.39, 0.29) is 11.6 Å². The fourth-order valence-corrected chi connectivity index (χ4v) is 1.46. The van der Waals surface area contributed by atoms with Gasteiger partial charge in [-0.3, -0.25) is 4.79 Å². The van der Waals surface area contributed by atoms with Crippen LogP contribution in [0, 0.1) is 11.7 Å². The summed E-state index contributed by atoms with van der Waals surface area (Å²) in [5, 5.41) is 2.48. The first-order valence-electron chi connectivity index (χ1n) is 5.89. The summed E-state index contributed by atoms with van der Waals surface area (Å²) in [5.41, 5.74) is 5.86. The SMILES string of the molecule is CCC(C)[C@H](N)C(=O)Nc1cc(OC)ccc1F. The number of hydrogen-bond acceptors (Lipinski definition) is 3. The van der Waals surface area contributed by atoms with Gasteiger partial charge in [-0.2, -0.15) is 0 Å². The number of rotatable bonds is 5. The molecule has 0 aliphatic heterocycles. The number of nitrogens with two attached hydrogens (primary N) is 1. The Bertz CT molecular complexity index is 423. The number of carbonyl (C=O) groups excluding carboxylic acids is 1. The summed E-state index contributed by atoms with van der Waals surface area (Å²) in [5.74, 6) is -0.389. The van der Waals surface area contributed by atoms with Gasteiger partial charge in [-0.1, -0.05) is 20.3 Å². The molecule has 1 aromatic rings. The largest absolute Gasteiger partial charge is 0.497 e. The third-order valence-corrected chi connectivity index (χ3v) is 2.99. The van der Waals surface area contributed by atoms with E-state index >= 15 is 0 Å². The summed E-state index contributed by atoms with van der Waals surface area (Å²) in [6.07, 6.45) is 0.787. The van der Waals surface area contributed by atoms with Gasteiger partial charge in [0.1, 0.15) is 11.6 Å². The Hall–Kier alpha value is -1.62. The van der Waals surface area contributed by atoms with Crippen LogP contribution in [0.5, 0.6) is 5.75 Å². The smallest absolute Gasteiger partial charge is 0.241 e. The molecule has 0 bridgehead atoms. The maximum Gasteiger partial charge on any atom is 0.241 e. The number of benzene rings is 1. The van der Waals surface area contributed by atoms with Gasteiger partial charge >= 0.3 is 0 Å². The number of methoxy groups -OCH3 is 1. The zero-order valence-corrected chi connectivity index (χ0v) is 10.9. The second-order valence-corrected chi connectivity index (χ2v) is 4.25. The van der Waals surface area contributed by atoms with E-state index in [1.54, 1.807) is 0 Å². The highest BCUT2D eigenvalue weighted by molar-refractivity contribution is 5.95. The van der Waals surface area contributed by atoms with Crippen LogP contribution in [0.25, 0.3) is 0 Å². The predicted octanol–water partition coefficient (Wildman–Crippen LogP) is 2.15. The highest BCUT2D eigenvalue weighted by Crippen LogP contribution is 2.21. The molecular formula is C13H19FN2O2. The summed E-state index contributed by atoms with van der Waals surface area (Å²) in [6.45, 7) is 3.83. The lowest BCUT2D eigenvalue weighted by atomic mass is 9.99. The lowest BCUT2D eigenvalue weighted by molar-refractivity contribution is -0.118. The van der Waals surface area contributed by atoms with Crippen LogP contribution in [-0.2, 0) is 4.79 Å². The Kier molecular flexibility index (Phi) is 5.09. The van der Waals surface area contributed by atoms with E-state index in [1.165, 1.54) is 25.3 Å². The van der Waals surface area contributed by atoms with Gasteiger partial charge < -0.3 is 15.8 Å². The maximum absolute atomic E-state index is 13.5. The van der Waals surface area contributed by atoms with Crippen molar-refractivity contribution in [2.75, 3.05) is 12.4 Å². The molecule has 1 rings (SSSR count). The summed E-state index contributed by atoms with van der Waals surface area (Å²) in [4.78, 5) is 11.8. The number of amides is 1. The lowest BCUT2D eigenvalue weighted by Crippen LogP contribution is -2.40. The number of carbonyl (C=O) groups is 1. The van der Waals surface area contributed by atoms with Crippen molar-refractivity contribution in [3.05, 3.63) is 24.0 Å². The summed E-state index contributed by atoms with van der Waals surface area (Å²) >= 11 is 0. The molecule has 2 atom stereocenters. The first kappa shape index (κ1) is 14.4. The van der Waals surface area contributed by atoms with Crippen LogP contribution in [-0.4, -0.2) is 19.1 Å². The fourth-order valence-electron chi connectivity index (χ4n) is 1.46. The minimum atomic E-state index is -0.652. The molecule has 4 nitrogen and oxygen atoms in total. The van der Waals surface area contributed by atoms with E-state index in [4.69, 9.17) is 10.5 Å². The van der Waals surface area contributed by atoms with Crippen molar-refractivity contribution in [1.29, 1.82) is 0 Å². The Balaban J connectivity index is 2.81. The van der Waals surface area contributed by atoms with Crippen LogP contribution in [0.2, 0.25) is 0 Å². The summed E-state index contributed by atoms with van der Waals surface area (Å²) < 4.78 is 18.5. The average molecular weight is 254 g/mol. The molecule has 0 saturated carbocycles. The van der Waals surface area contributed by atoms with Crippen molar-refractivity contribution in [1.82, 2.24) is 0 Å². The summed E-state index contributed by atoms with van der Waals surface area (Å²) in [6, 6.07) is 3.50. The van der Waals surface area contributed by atoms with Gasteiger partial charge in [0.15, 0.2) is 0 Å². The van der Waals surface area contributed by atoms with Crippen LogP contribution in [0.3, 0.4) is 0 Å². The molecule has 3 N–H and O–H groups in total. The predicted molar refractivity (Wildman–Crippen MR) is 69.0 cm³/mol. The highest BCUT2D eigenvalue weighted by atomic mass is 19.1. The molecule has 100 valence electrons. The van der Waals surface area contributed by atoms with Crippen LogP contribution in [0.4, 0.5) is 10.1 Å². The second kappa shape index (κ2) is 6.35. The Morgan fingerprint density at radius 1 is 1.56 bits per heavy atom. The second-order valence-electron chi connectivity index (χ2n) is 4.25. The van der Waals surface area contributed by atoms with E-state index in [9.17, 15) is 9.18 Å².